The van der Waals surface area contributed by atoms with Crippen LogP contribution in [-0.4, -0.2) is 9.78 Å². The fourth-order valence-electron chi connectivity index (χ4n) is 1.78. The first-order chi connectivity index (χ1) is 8.92. The van der Waals surface area contributed by atoms with Crippen LogP contribution >= 0.6 is 0 Å². The first-order valence-corrected chi connectivity index (χ1v) is 5.78. The van der Waals surface area contributed by atoms with Crippen LogP contribution in [-0.2, 0) is 6.54 Å². The normalized spacial score (nSPS) is 10.4. The molecule has 0 aliphatic heterocycles. The number of nitrogens with zero attached hydrogens (tertiary/aromatic N) is 2. The molecule has 3 rings (SSSR count). The zero-order valence-corrected chi connectivity index (χ0v) is 9.78. The molecule has 0 unspecified atom stereocenters. The van der Waals surface area contributed by atoms with Gasteiger partial charge in [0.2, 0.25) is 0 Å². The van der Waals surface area contributed by atoms with E-state index in [9.17, 15) is 0 Å². The van der Waals surface area contributed by atoms with E-state index in [0.717, 1.165) is 17.1 Å². The van der Waals surface area contributed by atoms with Crippen LogP contribution in [0.25, 0.3) is 5.69 Å². The third kappa shape index (κ3) is 2.27. The molecule has 2 heterocycles. The molecular formula is C14H13N3O. The molecule has 18 heavy (non-hydrogen) atoms. The van der Waals surface area contributed by atoms with Crippen LogP contribution in [0.5, 0.6) is 0 Å². The molecule has 0 aliphatic carbocycles. The molecule has 0 radical (unpaired) electrons. The second kappa shape index (κ2) is 4.79. The topological polar surface area (TPSA) is 43.0 Å². The summed E-state index contributed by atoms with van der Waals surface area (Å²) in [6.07, 6.45) is 5.37. The van der Waals surface area contributed by atoms with E-state index in [-0.39, 0.29) is 0 Å². The maximum atomic E-state index is 5.28. The number of nitrogens with one attached hydrogen (secondary N) is 1. The van der Waals surface area contributed by atoms with Gasteiger partial charge in [-0.05, 0) is 36.4 Å². The molecule has 0 spiro atoms. The lowest BCUT2D eigenvalue weighted by atomic mass is 10.2. The van der Waals surface area contributed by atoms with Gasteiger partial charge in [-0.1, -0.05) is 6.07 Å². The van der Waals surface area contributed by atoms with Gasteiger partial charge < -0.3 is 9.73 Å². The van der Waals surface area contributed by atoms with Crippen molar-refractivity contribution >= 4 is 5.69 Å². The minimum Gasteiger partial charge on any atom is -0.467 e. The van der Waals surface area contributed by atoms with Gasteiger partial charge >= 0.3 is 0 Å². The van der Waals surface area contributed by atoms with E-state index in [2.05, 4.69) is 16.5 Å². The largest absolute Gasteiger partial charge is 0.467 e. The molecule has 0 fully saturated rings. The number of anilines is 1. The van der Waals surface area contributed by atoms with Crippen molar-refractivity contribution in [3.63, 3.8) is 0 Å². The Morgan fingerprint density at radius 2 is 2.17 bits per heavy atom. The van der Waals surface area contributed by atoms with Crippen molar-refractivity contribution in [2.24, 2.45) is 0 Å². The maximum absolute atomic E-state index is 5.28. The van der Waals surface area contributed by atoms with Crippen LogP contribution < -0.4 is 5.32 Å². The summed E-state index contributed by atoms with van der Waals surface area (Å²) >= 11 is 0. The van der Waals surface area contributed by atoms with Gasteiger partial charge in [-0.25, -0.2) is 4.68 Å². The molecule has 1 N–H and O–H groups in total. The zero-order chi connectivity index (χ0) is 12.2. The van der Waals surface area contributed by atoms with Gasteiger partial charge in [0.05, 0.1) is 18.5 Å². The van der Waals surface area contributed by atoms with Crippen molar-refractivity contribution in [3.05, 3.63) is 66.9 Å². The summed E-state index contributed by atoms with van der Waals surface area (Å²) in [6, 6.07) is 13.8. The van der Waals surface area contributed by atoms with E-state index >= 15 is 0 Å². The Hall–Kier alpha value is -2.49. The van der Waals surface area contributed by atoms with Crippen molar-refractivity contribution in [3.8, 4) is 5.69 Å². The number of rotatable bonds is 4. The van der Waals surface area contributed by atoms with Crippen LogP contribution in [0.15, 0.2) is 65.5 Å². The van der Waals surface area contributed by atoms with Crippen LogP contribution in [0, 0.1) is 0 Å². The molecule has 0 saturated carbocycles. The van der Waals surface area contributed by atoms with E-state index in [1.54, 1.807) is 12.5 Å². The average Bonchev–Trinajstić information content (AvgIpc) is 3.10. The number of benzene rings is 1. The number of aromatic nitrogens is 2. The highest BCUT2D eigenvalue weighted by molar-refractivity contribution is 5.50. The lowest BCUT2D eigenvalue weighted by molar-refractivity contribution is 0.518. The summed E-state index contributed by atoms with van der Waals surface area (Å²) in [5, 5.41) is 7.52. The third-order valence-corrected chi connectivity index (χ3v) is 2.66. The molecule has 90 valence electrons. The van der Waals surface area contributed by atoms with Crippen molar-refractivity contribution in [2.75, 3.05) is 5.32 Å². The Morgan fingerprint density at radius 1 is 1.17 bits per heavy atom. The van der Waals surface area contributed by atoms with Crippen LogP contribution in [0.3, 0.4) is 0 Å². The van der Waals surface area contributed by atoms with E-state index in [1.165, 1.54) is 0 Å². The third-order valence-electron chi connectivity index (χ3n) is 2.66. The van der Waals surface area contributed by atoms with E-state index < -0.39 is 0 Å². The fourth-order valence-corrected chi connectivity index (χ4v) is 1.78. The Labute approximate surface area is 105 Å². The van der Waals surface area contributed by atoms with E-state index in [0.29, 0.717) is 6.54 Å². The Bertz CT molecular complexity index is 600. The molecule has 2 aromatic heterocycles. The molecule has 0 aliphatic rings. The van der Waals surface area contributed by atoms with Gasteiger partial charge in [0.1, 0.15) is 5.76 Å². The van der Waals surface area contributed by atoms with Gasteiger partial charge in [-0.3, -0.25) is 0 Å². The average molecular weight is 239 g/mol. The van der Waals surface area contributed by atoms with Gasteiger partial charge in [0, 0.05) is 18.1 Å². The molecule has 4 nitrogen and oxygen atoms in total. The highest BCUT2D eigenvalue weighted by atomic mass is 16.3. The number of hydrogen-bond acceptors (Lipinski definition) is 3. The molecule has 0 atom stereocenters. The molecule has 0 amide bonds. The second-order valence-corrected chi connectivity index (χ2v) is 3.93. The summed E-state index contributed by atoms with van der Waals surface area (Å²) in [7, 11) is 0. The van der Waals surface area contributed by atoms with E-state index in [1.807, 2.05) is 47.3 Å². The van der Waals surface area contributed by atoms with Gasteiger partial charge in [0.15, 0.2) is 0 Å². The Kier molecular flexibility index (Phi) is 2.84. The lowest BCUT2D eigenvalue weighted by Crippen LogP contribution is -2.00. The van der Waals surface area contributed by atoms with E-state index in [4.69, 9.17) is 4.42 Å². The molecule has 1 aromatic carbocycles. The summed E-state index contributed by atoms with van der Waals surface area (Å²) in [4.78, 5) is 0. The SMILES string of the molecule is c1cc(NCc2ccco2)cc(-n2cccn2)c1. The Balaban J connectivity index is 1.75. The molecule has 0 bridgehead atoms. The summed E-state index contributed by atoms with van der Waals surface area (Å²) in [5.74, 6) is 0.916. The van der Waals surface area contributed by atoms with Crippen molar-refractivity contribution in [1.82, 2.24) is 9.78 Å². The van der Waals surface area contributed by atoms with Gasteiger partial charge in [-0.15, -0.1) is 0 Å². The highest BCUT2D eigenvalue weighted by Crippen LogP contribution is 2.15. The van der Waals surface area contributed by atoms with Crippen LogP contribution in [0.1, 0.15) is 5.76 Å². The van der Waals surface area contributed by atoms with Crippen LogP contribution in [0.4, 0.5) is 5.69 Å². The van der Waals surface area contributed by atoms with Crippen molar-refractivity contribution in [1.29, 1.82) is 0 Å². The zero-order valence-electron chi connectivity index (χ0n) is 9.78. The number of hydrogen-bond donors (Lipinski definition) is 1. The minimum absolute atomic E-state index is 0.676. The monoisotopic (exact) mass is 239 g/mol. The highest BCUT2D eigenvalue weighted by Gasteiger charge is 1.99. The summed E-state index contributed by atoms with van der Waals surface area (Å²) < 4.78 is 7.11. The smallest absolute Gasteiger partial charge is 0.122 e. The summed E-state index contributed by atoms with van der Waals surface area (Å²) in [6.45, 7) is 0.676. The van der Waals surface area contributed by atoms with Gasteiger partial charge in [-0.2, -0.15) is 5.10 Å². The second-order valence-electron chi connectivity index (χ2n) is 3.93. The van der Waals surface area contributed by atoms with Gasteiger partial charge in [0.25, 0.3) is 0 Å². The maximum Gasteiger partial charge on any atom is 0.122 e. The predicted molar refractivity (Wildman–Crippen MR) is 69.6 cm³/mol. The molecule has 3 aromatic rings. The first-order valence-electron chi connectivity index (χ1n) is 5.78. The van der Waals surface area contributed by atoms with Crippen LogP contribution in [0.2, 0.25) is 0 Å². The Morgan fingerprint density at radius 3 is 2.94 bits per heavy atom. The predicted octanol–water partition coefficient (Wildman–Crippen LogP) is 3.08. The standard InChI is InChI=1S/C14H13N3O/c1-4-12(15-11-14-6-2-9-18-14)10-13(5-1)17-8-3-7-16-17/h1-10,15H,11H2. The first kappa shape index (κ1) is 10.7. The molecule has 4 heteroatoms. The molecule has 0 saturated heterocycles. The van der Waals surface area contributed by atoms with Crippen molar-refractivity contribution < 1.29 is 4.42 Å². The minimum atomic E-state index is 0.676. The number of furan rings is 1. The fraction of sp³-hybridized carbons (Fsp3) is 0.0714. The molecular weight excluding hydrogens is 226 g/mol. The lowest BCUT2D eigenvalue weighted by Gasteiger charge is -2.07. The van der Waals surface area contributed by atoms with Crippen molar-refractivity contribution in [2.45, 2.75) is 6.54 Å². The quantitative estimate of drug-likeness (QED) is 0.760. The summed E-state index contributed by atoms with van der Waals surface area (Å²) in [5.41, 5.74) is 2.07.